The van der Waals surface area contributed by atoms with E-state index in [1.807, 2.05) is 0 Å². The smallest absolute Gasteiger partial charge is 0.271 e. The lowest BCUT2D eigenvalue weighted by Crippen LogP contribution is -2.29. The van der Waals surface area contributed by atoms with Gasteiger partial charge in [0.05, 0.1) is 0 Å². The number of nitrogens with one attached hydrogen (secondary N) is 2. The van der Waals surface area contributed by atoms with Crippen molar-refractivity contribution >= 4 is 11.6 Å². The molecule has 5 heteroatoms. The van der Waals surface area contributed by atoms with Crippen molar-refractivity contribution in [2.75, 3.05) is 11.9 Å². The molecule has 0 spiro atoms. The third-order valence-corrected chi connectivity index (χ3v) is 2.30. The molecule has 1 fully saturated rings. The number of anilines is 1. The van der Waals surface area contributed by atoms with Gasteiger partial charge in [0.1, 0.15) is 11.8 Å². The summed E-state index contributed by atoms with van der Waals surface area (Å²) < 4.78 is 5.20. The fourth-order valence-corrected chi connectivity index (χ4v) is 1.52. The molecule has 1 amide bonds. The van der Waals surface area contributed by atoms with Crippen LogP contribution in [0.15, 0.2) is 23.1 Å². The second-order valence-corrected chi connectivity index (χ2v) is 3.40. The molecule has 5 nitrogen and oxygen atoms in total. The first kappa shape index (κ1) is 9.92. The molecule has 1 aliphatic heterocycles. The molecule has 1 aliphatic rings. The van der Waals surface area contributed by atoms with Crippen LogP contribution in [-0.4, -0.2) is 23.6 Å². The Morgan fingerprint density at radius 3 is 3.13 bits per heavy atom. The minimum atomic E-state index is -0.412. The van der Waals surface area contributed by atoms with E-state index in [0.717, 1.165) is 12.8 Å². The highest BCUT2D eigenvalue weighted by Gasteiger charge is 2.23. The molecule has 0 radical (unpaired) electrons. The maximum Gasteiger partial charge on any atom is 0.271 e. The lowest BCUT2D eigenvalue weighted by atomic mass is 10.2. The van der Waals surface area contributed by atoms with Crippen LogP contribution in [0.25, 0.3) is 0 Å². The minimum Gasteiger partial charge on any atom is -0.368 e. The maximum absolute atomic E-state index is 11.6. The average molecular weight is 208 g/mol. The van der Waals surface area contributed by atoms with Crippen molar-refractivity contribution in [2.45, 2.75) is 18.9 Å². The van der Waals surface area contributed by atoms with Crippen LogP contribution in [0.4, 0.5) is 5.69 Å². The predicted molar refractivity (Wildman–Crippen MR) is 54.7 cm³/mol. The van der Waals surface area contributed by atoms with E-state index in [9.17, 15) is 9.59 Å². The molecule has 1 aromatic heterocycles. The van der Waals surface area contributed by atoms with Crippen LogP contribution in [0.5, 0.6) is 0 Å². The number of pyridine rings is 1. The third kappa shape index (κ3) is 2.24. The number of aromatic nitrogens is 1. The Kier molecular flexibility index (Phi) is 2.82. The predicted octanol–water partition coefficient (Wildman–Crippen LogP) is 0.492. The van der Waals surface area contributed by atoms with Crippen LogP contribution >= 0.6 is 0 Å². The quantitative estimate of drug-likeness (QED) is 0.743. The molecule has 1 aromatic rings. The number of hydrogen-bond donors (Lipinski definition) is 2. The molecular formula is C10H12N2O3. The highest BCUT2D eigenvalue weighted by molar-refractivity contribution is 5.94. The molecular weight excluding hydrogens is 196 g/mol. The molecule has 2 N–H and O–H groups in total. The van der Waals surface area contributed by atoms with Gasteiger partial charge in [-0.15, -0.1) is 0 Å². The van der Waals surface area contributed by atoms with Crippen LogP contribution in [0.1, 0.15) is 12.8 Å². The summed E-state index contributed by atoms with van der Waals surface area (Å²) in [6.07, 6.45) is 2.72. The number of carbonyl (C=O) groups is 1. The van der Waals surface area contributed by atoms with Gasteiger partial charge < -0.3 is 15.0 Å². The first-order valence-electron chi connectivity index (χ1n) is 4.87. The van der Waals surface area contributed by atoms with E-state index in [4.69, 9.17) is 4.74 Å². The van der Waals surface area contributed by atoms with Crippen molar-refractivity contribution in [2.24, 2.45) is 0 Å². The van der Waals surface area contributed by atoms with Crippen molar-refractivity contribution in [1.29, 1.82) is 0 Å². The van der Waals surface area contributed by atoms with Gasteiger partial charge in [0, 0.05) is 12.8 Å². The number of H-pyrrole nitrogens is 1. The summed E-state index contributed by atoms with van der Waals surface area (Å²) in [4.78, 5) is 25.3. The van der Waals surface area contributed by atoms with Crippen molar-refractivity contribution in [1.82, 2.24) is 4.98 Å². The number of rotatable bonds is 2. The summed E-state index contributed by atoms with van der Waals surface area (Å²) in [6.45, 7) is 0.614. The lowest BCUT2D eigenvalue weighted by molar-refractivity contribution is -0.124. The van der Waals surface area contributed by atoms with E-state index in [-0.39, 0.29) is 17.2 Å². The van der Waals surface area contributed by atoms with Crippen LogP contribution in [0.3, 0.4) is 0 Å². The molecule has 0 aliphatic carbocycles. The van der Waals surface area contributed by atoms with E-state index in [0.29, 0.717) is 6.61 Å². The second-order valence-electron chi connectivity index (χ2n) is 3.40. The monoisotopic (exact) mass is 208 g/mol. The normalized spacial score (nSPS) is 20.1. The summed E-state index contributed by atoms with van der Waals surface area (Å²) in [5.41, 5.74) is -0.0400. The SMILES string of the molecule is O=C(Nc1ccc[nH]c1=O)C1CCCO1. The minimum absolute atomic E-state index is 0.246. The van der Waals surface area contributed by atoms with Crippen LogP contribution in [-0.2, 0) is 9.53 Å². The van der Waals surface area contributed by atoms with E-state index in [1.165, 1.54) is 6.20 Å². The Labute approximate surface area is 86.5 Å². The summed E-state index contributed by atoms with van der Waals surface area (Å²) in [5.74, 6) is -0.246. The second kappa shape index (κ2) is 4.27. The highest BCUT2D eigenvalue weighted by Crippen LogP contribution is 2.13. The molecule has 0 aromatic carbocycles. The molecule has 2 rings (SSSR count). The molecule has 15 heavy (non-hydrogen) atoms. The fourth-order valence-electron chi connectivity index (χ4n) is 1.52. The topological polar surface area (TPSA) is 71.2 Å². The first-order valence-corrected chi connectivity index (χ1v) is 4.87. The first-order chi connectivity index (χ1) is 7.27. The zero-order chi connectivity index (χ0) is 10.7. The van der Waals surface area contributed by atoms with Crippen LogP contribution < -0.4 is 10.9 Å². The van der Waals surface area contributed by atoms with E-state index >= 15 is 0 Å². The van der Waals surface area contributed by atoms with Gasteiger partial charge in [-0.25, -0.2) is 0 Å². The van der Waals surface area contributed by atoms with Gasteiger partial charge in [0.25, 0.3) is 11.5 Å². The average Bonchev–Trinajstić information content (AvgIpc) is 2.74. The Morgan fingerprint density at radius 1 is 1.60 bits per heavy atom. The number of ether oxygens (including phenoxy) is 1. The summed E-state index contributed by atoms with van der Waals surface area (Å²) >= 11 is 0. The van der Waals surface area contributed by atoms with Gasteiger partial charge in [0.15, 0.2) is 0 Å². The summed E-state index contributed by atoms with van der Waals surface area (Å²) in [5, 5.41) is 2.54. The highest BCUT2D eigenvalue weighted by atomic mass is 16.5. The van der Waals surface area contributed by atoms with E-state index < -0.39 is 6.10 Å². The molecule has 1 unspecified atom stereocenters. The van der Waals surface area contributed by atoms with Gasteiger partial charge in [-0.05, 0) is 25.0 Å². The molecule has 80 valence electrons. The van der Waals surface area contributed by atoms with Crippen molar-refractivity contribution in [3.05, 3.63) is 28.7 Å². The number of carbonyl (C=O) groups excluding carboxylic acids is 1. The maximum atomic E-state index is 11.6. The van der Waals surface area contributed by atoms with Gasteiger partial charge in [-0.3, -0.25) is 9.59 Å². The van der Waals surface area contributed by atoms with Crippen molar-refractivity contribution in [3.63, 3.8) is 0 Å². The van der Waals surface area contributed by atoms with Crippen LogP contribution in [0.2, 0.25) is 0 Å². The Morgan fingerprint density at radius 2 is 2.47 bits per heavy atom. The molecule has 2 heterocycles. The number of aromatic amines is 1. The largest absolute Gasteiger partial charge is 0.368 e. The lowest BCUT2D eigenvalue weighted by Gasteiger charge is -2.09. The standard InChI is InChI=1S/C10H12N2O3/c13-9-7(3-1-5-11-9)12-10(14)8-4-2-6-15-8/h1,3,5,8H,2,4,6H2,(H,11,13)(H,12,14). The van der Waals surface area contributed by atoms with E-state index in [2.05, 4.69) is 10.3 Å². The Balaban J connectivity index is 2.05. The molecule has 1 saturated heterocycles. The number of hydrogen-bond acceptors (Lipinski definition) is 3. The molecule has 0 bridgehead atoms. The zero-order valence-electron chi connectivity index (χ0n) is 8.16. The molecule has 1 atom stereocenters. The fraction of sp³-hybridized carbons (Fsp3) is 0.400. The van der Waals surface area contributed by atoms with Gasteiger partial charge in [-0.2, -0.15) is 0 Å². The van der Waals surface area contributed by atoms with Crippen molar-refractivity contribution < 1.29 is 9.53 Å². The van der Waals surface area contributed by atoms with E-state index in [1.54, 1.807) is 12.1 Å². The third-order valence-electron chi connectivity index (χ3n) is 2.30. The number of amides is 1. The summed E-state index contributed by atoms with van der Waals surface area (Å²) in [7, 11) is 0. The van der Waals surface area contributed by atoms with Gasteiger partial charge in [0.2, 0.25) is 0 Å². The zero-order valence-corrected chi connectivity index (χ0v) is 8.16. The van der Waals surface area contributed by atoms with Crippen LogP contribution in [0, 0.1) is 0 Å². The Bertz CT molecular complexity index is 407. The van der Waals surface area contributed by atoms with Gasteiger partial charge >= 0.3 is 0 Å². The van der Waals surface area contributed by atoms with Crippen molar-refractivity contribution in [3.8, 4) is 0 Å². The van der Waals surface area contributed by atoms with Gasteiger partial charge in [-0.1, -0.05) is 0 Å². The summed E-state index contributed by atoms with van der Waals surface area (Å²) in [6, 6.07) is 3.22. The molecule has 0 saturated carbocycles. The Hall–Kier alpha value is -1.62.